The lowest BCUT2D eigenvalue weighted by molar-refractivity contribution is 0.277. The van der Waals surface area contributed by atoms with Crippen LogP contribution in [0.15, 0.2) is 6.20 Å². The first-order chi connectivity index (χ1) is 6.88. The van der Waals surface area contributed by atoms with Gasteiger partial charge >= 0.3 is 0 Å². The Balaban J connectivity index is 1.79. The van der Waals surface area contributed by atoms with Crippen molar-refractivity contribution >= 4 is 11.8 Å². The van der Waals surface area contributed by atoms with E-state index in [1.165, 1.54) is 25.7 Å². The molecule has 0 atom stereocenters. The Morgan fingerprint density at radius 1 is 1.50 bits per heavy atom. The number of thioether (sulfide) groups is 1. The maximum atomic E-state index is 8.85. The van der Waals surface area contributed by atoms with E-state index >= 15 is 0 Å². The molecule has 1 heterocycles. The summed E-state index contributed by atoms with van der Waals surface area (Å²) in [7, 11) is 0. The summed E-state index contributed by atoms with van der Waals surface area (Å²) in [5, 5.41) is 9.68. The van der Waals surface area contributed by atoms with Gasteiger partial charge in [0.05, 0.1) is 24.3 Å². The number of hydrogen-bond acceptors (Lipinski definition) is 3. The third-order valence-corrected chi connectivity index (χ3v) is 3.99. The molecule has 1 aromatic rings. The van der Waals surface area contributed by atoms with Crippen LogP contribution >= 0.6 is 11.8 Å². The molecule has 0 aromatic carbocycles. The van der Waals surface area contributed by atoms with Crippen LogP contribution in [0.4, 0.5) is 0 Å². The van der Waals surface area contributed by atoms with Crippen molar-refractivity contribution in [2.45, 2.75) is 43.3 Å². The van der Waals surface area contributed by atoms with Crippen LogP contribution < -0.4 is 0 Å². The van der Waals surface area contributed by atoms with E-state index in [2.05, 4.69) is 9.97 Å². The molecule has 1 aliphatic rings. The maximum Gasteiger partial charge on any atom is 0.116 e. The summed E-state index contributed by atoms with van der Waals surface area (Å²) < 4.78 is 0. The number of nitrogens with one attached hydrogen (secondary N) is 1. The van der Waals surface area contributed by atoms with Gasteiger partial charge < -0.3 is 10.1 Å². The van der Waals surface area contributed by atoms with E-state index in [1.807, 2.05) is 11.8 Å². The molecule has 0 spiro atoms. The highest BCUT2D eigenvalue weighted by Crippen LogP contribution is 2.30. The van der Waals surface area contributed by atoms with Crippen LogP contribution in [0, 0.1) is 0 Å². The summed E-state index contributed by atoms with van der Waals surface area (Å²) in [6.07, 6.45) is 7.20. The lowest BCUT2D eigenvalue weighted by atomic mass is 10.4. The van der Waals surface area contributed by atoms with E-state index in [1.54, 1.807) is 6.20 Å². The third-order valence-electron chi connectivity index (χ3n) is 2.61. The molecule has 2 rings (SSSR count). The zero-order valence-corrected chi connectivity index (χ0v) is 9.02. The highest BCUT2D eigenvalue weighted by Gasteiger charge is 2.15. The Bertz CT molecular complexity index is 281. The Morgan fingerprint density at radius 2 is 2.29 bits per heavy atom. The monoisotopic (exact) mass is 212 g/mol. The highest BCUT2D eigenvalue weighted by molar-refractivity contribution is 7.99. The minimum absolute atomic E-state index is 0.0566. The lowest BCUT2D eigenvalue weighted by Crippen LogP contribution is -1.96. The molecule has 4 heteroatoms. The van der Waals surface area contributed by atoms with Crippen LogP contribution in [0.5, 0.6) is 0 Å². The molecule has 14 heavy (non-hydrogen) atoms. The quantitative estimate of drug-likeness (QED) is 0.803. The number of rotatable bonds is 4. The number of aromatic nitrogens is 2. The van der Waals surface area contributed by atoms with Gasteiger partial charge in [0.15, 0.2) is 0 Å². The van der Waals surface area contributed by atoms with Crippen molar-refractivity contribution < 1.29 is 5.11 Å². The second kappa shape index (κ2) is 4.84. The maximum absolute atomic E-state index is 8.85. The number of H-pyrrole nitrogens is 1. The van der Waals surface area contributed by atoms with Crippen molar-refractivity contribution in [2.24, 2.45) is 0 Å². The van der Waals surface area contributed by atoms with Crippen molar-refractivity contribution in [2.75, 3.05) is 0 Å². The second-order valence-electron chi connectivity index (χ2n) is 3.73. The van der Waals surface area contributed by atoms with Gasteiger partial charge in [0.25, 0.3) is 0 Å². The van der Waals surface area contributed by atoms with Gasteiger partial charge in [-0.2, -0.15) is 11.8 Å². The number of aliphatic hydroxyl groups excluding tert-OH is 1. The van der Waals surface area contributed by atoms with Crippen LogP contribution in [0.25, 0.3) is 0 Å². The van der Waals surface area contributed by atoms with E-state index in [9.17, 15) is 0 Å². The molecule has 0 saturated heterocycles. The van der Waals surface area contributed by atoms with Gasteiger partial charge in [-0.05, 0) is 12.8 Å². The van der Waals surface area contributed by atoms with Crippen LogP contribution in [-0.4, -0.2) is 20.3 Å². The smallest absolute Gasteiger partial charge is 0.116 e. The SMILES string of the molecule is OCc1cnc(CSC2CCCC2)[nH]1. The fourth-order valence-electron chi connectivity index (χ4n) is 1.81. The van der Waals surface area contributed by atoms with Gasteiger partial charge in [-0.1, -0.05) is 12.8 Å². The summed E-state index contributed by atoms with van der Waals surface area (Å²) >= 11 is 1.99. The molecule has 3 nitrogen and oxygen atoms in total. The number of nitrogens with zero attached hydrogens (tertiary/aromatic N) is 1. The first kappa shape index (κ1) is 10.1. The lowest BCUT2D eigenvalue weighted by Gasteiger charge is -2.05. The standard InChI is InChI=1S/C10H16N2OS/c13-6-8-5-11-10(12-8)7-14-9-3-1-2-4-9/h5,9,13H,1-4,6-7H2,(H,11,12). The van der Waals surface area contributed by atoms with Crippen LogP contribution in [0.1, 0.15) is 37.2 Å². The van der Waals surface area contributed by atoms with Gasteiger partial charge in [0.1, 0.15) is 5.82 Å². The average Bonchev–Trinajstić information content (AvgIpc) is 2.86. The Hall–Kier alpha value is -0.480. The molecule has 78 valence electrons. The minimum Gasteiger partial charge on any atom is -0.390 e. The van der Waals surface area contributed by atoms with E-state index in [-0.39, 0.29) is 6.61 Å². The van der Waals surface area contributed by atoms with Gasteiger partial charge in [-0.25, -0.2) is 4.98 Å². The van der Waals surface area contributed by atoms with Crippen molar-refractivity contribution in [3.8, 4) is 0 Å². The number of hydrogen-bond donors (Lipinski definition) is 2. The first-order valence-corrected chi connectivity index (χ1v) is 6.18. The predicted molar refractivity (Wildman–Crippen MR) is 58.1 cm³/mol. The first-order valence-electron chi connectivity index (χ1n) is 5.13. The largest absolute Gasteiger partial charge is 0.390 e. The number of aliphatic hydroxyl groups is 1. The van der Waals surface area contributed by atoms with Crippen molar-refractivity contribution in [3.63, 3.8) is 0 Å². The summed E-state index contributed by atoms with van der Waals surface area (Å²) in [4.78, 5) is 7.32. The summed E-state index contributed by atoms with van der Waals surface area (Å²) in [5.74, 6) is 1.94. The molecule has 1 saturated carbocycles. The van der Waals surface area contributed by atoms with Gasteiger partial charge in [-0.3, -0.25) is 0 Å². The molecule has 1 fully saturated rings. The van der Waals surface area contributed by atoms with Crippen molar-refractivity contribution in [1.82, 2.24) is 9.97 Å². The molecule has 0 bridgehead atoms. The Kier molecular flexibility index (Phi) is 3.48. The van der Waals surface area contributed by atoms with E-state index < -0.39 is 0 Å². The van der Waals surface area contributed by atoms with E-state index in [0.29, 0.717) is 0 Å². The fraction of sp³-hybridized carbons (Fsp3) is 0.700. The van der Waals surface area contributed by atoms with E-state index in [0.717, 1.165) is 22.5 Å². The van der Waals surface area contributed by atoms with Crippen molar-refractivity contribution in [3.05, 3.63) is 17.7 Å². The van der Waals surface area contributed by atoms with Crippen molar-refractivity contribution in [1.29, 1.82) is 0 Å². The molecule has 0 unspecified atom stereocenters. The Labute approximate surface area is 88.3 Å². The molecule has 1 aliphatic carbocycles. The molecular weight excluding hydrogens is 196 g/mol. The topological polar surface area (TPSA) is 48.9 Å². The van der Waals surface area contributed by atoms with E-state index in [4.69, 9.17) is 5.11 Å². The average molecular weight is 212 g/mol. The van der Waals surface area contributed by atoms with Gasteiger partial charge in [0.2, 0.25) is 0 Å². The molecule has 0 amide bonds. The fourth-order valence-corrected chi connectivity index (χ4v) is 3.02. The number of aromatic amines is 1. The summed E-state index contributed by atoms with van der Waals surface area (Å²) in [5.41, 5.74) is 0.812. The second-order valence-corrected chi connectivity index (χ2v) is 5.02. The van der Waals surface area contributed by atoms with Crippen LogP contribution in [-0.2, 0) is 12.4 Å². The molecule has 2 N–H and O–H groups in total. The third kappa shape index (κ3) is 2.51. The minimum atomic E-state index is 0.0566. The summed E-state index contributed by atoms with van der Waals surface area (Å²) in [6, 6.07) is 0. The molecule has 0 aliphatic heterocycles. The highest BCUT2D eigenvalue weighted by atomic mass is 32.2. The zero-order chi connectivity index (χ0) is 9.80. The van der Waals surface area contributed by atoms with Gasteiger partial charge in [0, 0.05) is 5.25 Å². The normalized spacial score (nSPS) is 17.8. The Morgan fingerprint density at radius 3 is 2.93 bits per heavy atom. The molecular formula is C10H16N2OS. The summed E-state index contributed by atoms with van der Waals surface area (Å²) in [6.45, 7) is 0.0566. The van der Waals surface area contributed by atoms with Crippen LogP contribution in [0.3, 0.4) is 0 Å². The molecule has 1 aromatic heterocycles. The molecule has 0 radical (unpaired) electrons. The predicted octanol–water partition coefficient (Wildman–Crippen LogP) is 2.08. The zero-order valence-electron chi connectivity index (χ0n) is 8.20. The number of imidazole rings is 1. The van der Waals surface area contributed by atoms with Gasteiger partial charge in [-0.15, -0.1) is 0 Å². The van der Waals surface area contributed by atoms with Crippen LogP contribution in [0.2, 0.25) is 0 Å².